The maximum atomic E-state index is 14.7. The summed E-state index contributed by atoms with van der Waals surface area (Å²) in [5, 5.41) is 22.4. The number of benzene rings is 4. The summed E-state index contributed by atoms with van der Waals surface area (Å²) in [4.78, 5) is 7.58. The fourth-order valence-electron chi connectivity index (χ4n) is 4.69. The van der Waals surface area contributed by atoms with E-state index in [4.69, 9.17) is 4.55 Å². The van der Waals surface area contributed by atoms with E-state index >= 15 is 0 Å². The van der Waals surface area contributed by atoms with Crippen molar-refractivity contribution in [2.45, 2.75) is 19.6 Å². The molecule has 0 aliphatic rings. The Bertz CT molecular complexity index is 3010. The summed E-state index contributed by atoms with van der Waals surface area (Å²) < 4.78 is 176. The molecular weight excluding hydrogens is 950 g/mol. The van der Waals surface area contributed by atoms with Crippen molar-refractivity contribution in [3.63, 3.8) is 0 Å². The molecule has 4 aromatic carbocycles. The van der Waals surface area contributed by atoms with Crippen molar-refractivity contribution in [1.82, 2.24) is 15.0 Å². The maximum absolute atomic E-state index is 14.7. The van der Waals surface area contributed by atoms with E-state index in [9.17, 15) is 65.2 Å². The Morgan fingerprint density at radius 2 is 1.22 bits per heavy atom. The van der Waals surface area contributed by atoms with Crippen molar-refractivity contribution in [3.8, 4) is 5.75 Å². The number of rotatable bonds is 14. The molecule has 5 aromatic rings. The summed E-state index contributed by atoms with van der Waals surface area (Å²) in [5.41, 5.74) is -2.13. The van der Waals surface area contributed by atoms with Crippen LogP contribution in [0.5, 0.6) is 5.75 Å². The predicted molar refractivity (Wildman–Crippen MR) is 211 cm³/mol. The molecule has 7 N–H and O–H groups in total. The third-order valence-electron chi connectivity index (χ3n) is 7.01. The number of aromatic hydroxyl groups is 1. The number of aromatic nitrogens is 3. The normalized spacial score (nSPS) is 12.1. The van der Waals surface area contributed by atoms with Gasteiger partial charge in [-0.1, -0.05) is 12.1 Å². The van der Waals surface area contributed by atoms with Crippen LogP contribution in [0.4, 0.5) is 39.0 Å². The Morgan fingerprint density at radius 3 is 1.77 bits per heavy atom. The second-order valence-corrected chi connectivity index (χ2v) is 18.2. The molecular formula is C27H22FN7Na4O16S5. The van der Waals surface area contributed by atoms with E-state index in [1.807, 2.05) is 0 Å². The number of anilines is 4. The molecule has 0 aliphatic heterocycles. The van der Waals surface area contributed by atoms with Gasteiger partial charge in [-0.15, -0.1) is 10.2 Å². The molecule has 0 bridgehead atoms. The zero-order valence-corrected chi connectivity index (χ0v) is 43.2. The second-order valence-electron chi connectivity index (χ2n) is 10.8. The quantitative estimate of drug-likeness (QED) is 0.0472. The van der Waals surface area contributed by atoms with Gasteiger partial charge in [-0.05, 0) is 60.0 Å². The fourth-order valence-corrected chi connectivity index (χ4v) is 8.00. The van der Waals surface area contributed by atoms with Crippen molar-refractivity contribution in [3.05, 3.63) is 72.8 Å². The van der Waals surface area contributed by atoms with Crippen LogP contribution >= 0.6 is 0 Å². The van der Waals surface area contributed by atoms with Gasteiger partial charge in [0.15, 0.2) is 15.6 Å². The van der Waals surface area contributed by atoms with Crippen LogP contribution in [0.25, 0.3) is 10.8 Å². The summed E-state index contributed by atoms with van der Waals surface area (Å²) in [6.45, 7) is -0.889. The van der Waals surface area contributed by atoms with Crippen LogP contribution in [0.15, 0.2) is 96.5 Å². The first kappa shape index (κ1) is 56.6. The van der Waals surface area contributed by atoms with Gasteiger partial charge < -0.3 is 15.7 Å². The van der Waals surface area contributed by atoms with Crippen molar-refractivity contribution < 1.29 is 74.0 Å². The number of phenols is 1. The van der Waals surface area contributed by atoms with Gasteiger partial charge in [-0.25, -0.2) is 12.6 Å². The van der Waals surface area contributed by atoms with Gasteiger partial charge in [0.05, 0.1) is 27.8 Å². The van der Waals surface area contributed by atoms with Gasteiger partial charge in [0.1, 0.15) is 21.2 Å². The minimum Gasteiger partial charge on any atom is -0.505 e. The van der Waals surface area contributed by atoms with E-state index in [0.717, 1.165) is 24.3 Å². The van der Waals surface area contributed by atoms with Crippen LogP contribution in [-0.2, 0) is 54.8 Å². The Hall–Kier alpha value is -1.37. The molecule has 0 fully saturated rings. The molecule has 0 atom stereocenters. The number of sulfone groups is 1. The van der Waals surface area contributed by atoms with E-state index in [2.05, 4.69) is 40.0 Å². The number of hydrogen-bond acceptors (Lipinski definition) is 19. The van der Waals surface area contributed by atoms with Crippen LogP contribution in [0.2, 0.25) is 0 Å². The topological polar surface area (TPSA) is 369 Å². The van der Waals surface area contributed by atoms with Crippen LogP contribution in [0, 0.1) is 6.08 Å². The molecule has 0 spiro atoms. The number of hydrogen-bond donors (Lipinski definition) is 7. The van der Waals surface area contributed by atoms with Gasteiger partial charge >= 0.3 is 16.5 Å². The van der Waals surface area contributed by atoms with Gasteiger partial charge in [-0.2, -0.15) is 53.0 Å². The van der Waals surface area contributed by atoms with Crippen molar-refractivity contribution in [2.24, 2.45) is 10.2 Å². The molecule has 33 heteroatoms. The Labute approximate surface area is 428 Å². The van der Waals surface area contributed by atoms with Crippen LogP contribution in [-0.4, -0.2) is 211 Å². The monoisotopic (exact) mass is 971 g/mol. The molecule has 302 valence electrons. The SMILES string of the molecule is O=S(=O)(O)OCCS(=O)(=O)c1ccc(Nc2nc(F)nc(Nc3cc(S(=O)(=O)O)cc4cc(S(=O)(=O)O)c(N=Nc5ccccc5S(=O)(=O)O)c(O)c34)n2)cc1.[Na].[Na].[Na].[Na]. The Kier molecular flexibility index (Phi) is 20.8. The third-order valence-corrected chi connectivity index (χ3v) is 11.8. The van der Waals surface area contributed by atoms with Gasteiger partial charge in [-0.3, -0.25) is 18.2 Å². The zero-order valence-electron chi connectivity index (χ0n) is 31.1. The molecule has 1 aromatic heterocycles. The summed E-state index contributed by atoms with van der Waals surface area (Å²) in [6.07, 6.45) is -1.47. The van der Waals surface area contributed by atoms with E-state index < -0.39 is 129 Å². The second kappa shape index (κ2) is 22.0. The van der Waals surface area contributed by atoms with Crippen LogP contribution < -0.4 is 10.6 Å². The van der Waals surface area contributed by atoms with Crippen molar-refractivity contribution in [1.29, 1.82) is 0 Å². The minimum atomic E-state index is -5.35. The first-order valence-electron chi connectivity index (χ1n) is 14.5. The maximum Gasteiger partial charge on any atom is 0.397 e. The molecule has 60 heavy (non-hydrogen) atoms. The molecule has 0 unspecified atom stereocenters. The first-order valence-corrected chi connectivity index (χ1v) is 21.8. The number of phenolic OH excluding ortho intramolecular Hbond substituents is 1. The average Bonchev–Trinajstić information content (AvgIpc) is 3.05. The number of fused-ring (bicyclic) bond motifs is 1. The molecule has 23 nitrogen and oxygen atoms in total. The summed E-state index contributed by atoms with van der Waals surface area (Å²) in [5.74, 6) is -3.28. The van der Waals surface area contributed by atoms with Crippen molar-refractivity contribution in [2.75, 3.05) is 23.0 Å². The van der Waals surface area contributed by atoms with E-state index in [1.165, 1.54) is 24.3 Å². The average molecular weight is 972 g/mol. The zero-order chi connectivity index (χ0) is 41.4. The minimum absolute atomic E-state index is 0. The van der Waals surface area contributed by atoms with Gasteiger partial charge in [0.25, 0.3) is 30.4 Å². The van der Waals surface area contributed by atoms with E-state index in [0.29, 0.717) is 18.2 Å². The van der Waals surface area contributed by atoms with Gasteiger partial charge in [0.2, 0.25) is 11.9 Å². The molecule has 0 aliphatic carbocycles. The molecule has 1 heterocycles. The molecule has 0 amide bonds. The number of nitrogens with zero attached hydrogens (tertiary/aromatic N) is 5. The van der Waals surface area contributed by atoms with E-state index in [1.54, 1.807) is 0 Å². The summed E-state index contributed by atoms with van der Waals surface area (Å²) in [7, 11) is -24.4. The standard InChI is InChI=1S/C27H22FN7O16S5.4Na/c28-25-31-26(29-15-5-7-16(8-6-15)52(37,38)10-9-51-56(48,49)50)33-27(32-25)30-19-13-17(53(39,40)41)11-14-12-21(55(45,46)47)23(24(36)22(14)19)35-34-18-3-1-2-4-20(18)54(42,43)44;;;;/h1-8,11-13,36H,9-10H2,(H,39,40,41)(H,42,43,44)(H,45,46,47)(H,48,49,50)(H2,29,30,31,32,33);;;;. The number of halogens is 1. The number of nitrogens with one attached hydrogen (secondary N) is 2. The molecule has 5 rings (SSSR count). The third kappa shape index (κ3) is 14.9. The molecule has 0 saturated carbocycles. The number of azo groups is 1. The largest absolute Gasteiger partial charge is 0.505 e. The Morgan fingerprint density at radius 1 is 0.650 bits per heavy atom. The fraction of sp³-hybridized carbons (Fsp3) is 0.0741. The van der Waals surface area contributed by atoms with E-state index in [-0.39, 0.29) is 129 Å². The summed E-state index contributed by atoms with van der Waals surface area (Å²) in [6, 6.07) is 10.8. The first-order chi connectivity index (χ1) is 25.8. The molecule has 0 saturated heterocycles. The van der Waals surface area contributed by atoms with Crippen molar-refractivity contribution >= 4 is 214 Å². The van der Waals surface area contributed by atoms with Crippen LogP contribution in [0.3, 0.4) is 0 Å². The molecule has 4 radical (unpaired) electrons. The summed E-state index contributed by atoms with van der Waals surface area (Å²) >= 11 is 0. The van der Waals surface area contributed by atoms with Gasteiger partial charge in [0, 0.05) is 129 Å². The van der Waals surface area contributed by atoms with Crippen LogP contribution in [0.1, 0.15) is 0 Å². The predicted octanol–water partition coefficient (Wildman–Crippen LogP) is 1.58. The smallest absolute Gasteiger partial charge is 0.397 e. The Balaban J connectivity index is 0.00000450.